The molecule has 0 bridgehead atoms. The number of pyridine rings is 1. The van der Waals surface area contributed by atoms with Crippen LogP contribution in [0.25, 0.3) is 0 Å². The van der Waals surface area contributed by atoms with Gasteiger partial charge in [-0.15, -0.1) is 0 Å². The standard InChI is InChI=1S/C18H22N2O2/c1-4-13-11-15(18(22)20-16(13)5-2)17(21)19-12(3)14-9-7-6-8-10-14/h6-12H,4-5H2,1-3H3,(H,19,21)(H,20,22)/t12-/m0/s1. The number of rotatable bonds is 5. The van der Waals surface area contributed by atoms with Crippen LogP contribution < -0.4 is 10.9 Å². The molecule has 0 saturated carbocycles. The van der Waals surface area contributed by atoms with Gasteiger partial charge in [-0.3, -0.25) is 9.59 Å². The van der Waals surface area contributed by atoms with E-state index in [0.717, 1.165) is 29.7 Å². The predicted octanol–water partition coefficient (Wildman–Crippen LogP) is 2.99. The van der Waals surface area contributed by atoms with Gasteiger partial charge in [-0.1, -0.05) is 44.2 Å². The number of hydrogen-bond acceptors (Lipinski definition) is 2. The predicted molar refractivity (Wildman–Crippen MR) is 88.1 cm³/mol. The first-order valence-electron chi connectivity index (χ1n) is 7.67. The second-order valence-corrected chi connectivity index (χ2v) is 5.33. The van der Waals surface area contributed by atoms with Crippen LogP contribution in [0.4, 0.5) is 0 Å². The number of aryl methyl sites for hydroxylation is 2. The van der Waals surface area contributed by atoms with E-state index in [1.54, 1.807) is 6.07 Å². The van der Waals surface area contributed by atoms with E-state index in [9.17, 15) is 9.59 Å². The second kappa shape index (κ2) is 7.07. The first kappa shape index (κ1) is 16.0. The molecule has 0 spiro atoms. The van der Waals surface area contributed by atoms with Crippen LogP contribution in [-0.4, -0.2) is 10.9 Å². The molecule has 1 atom stereocenters. The number of carbonyl (C=O) groups is 1. The third-order valence-electron chi connectivity index (χ3n) is 3.84. The average molecular weight is 298 g/mol. The largest absolute Gasteiger partial charge is 0.345 e. The summed E-state index contributed by atoms with van der Waals surface area (Å²) in [7, 11) is 0. The number of carbonyl (C=O) groups excluding carboxylic acids is 1. The second-order valence-electron chi connectivity index (χ2n) is 5.33. The van der Waals surface area contributed by atoms with Gasteiger partial charge >= 0.3 is 0 Å². The Morgan fingerprint density at radius 3 is 2.45 bits per heavy atom. The lowest BCUT2D eigenvalue weighted by Gasteiger charge is -2.15. The zero-order valence-corrected chi connectivity index (χ0v) is 13.3. The van der Waals surface area contributed by atoms with E-state index < -0.39 is 0 Å². The molecule has 0 aliphatic rings. The number of benzene rings is 1. The quantitative estimate of drug-likeness (QED) is 0.891. The van der Waals surface area contributed by atoms with Crippen LogP contribution in [0, 0.1) is 0 Å². The fourth-order valence-electron chi connectivity index (χ4n) is 2.51. The van der Waals surface area contributed by atoms with Gasteiger partial charge < -0.3 is 10.3 Å². The summed E-state index contributed by atoms with van der Waals surface area (Å²) in [5.74, 6) is -0.338. The molecule has 2 rings (SSSR count). The number of aromatic amines is 1. The zero-order chi connectivity index (χ0) is 16.1. The molecular weight excluding hydrogens is 276 g/mol. The Morgan fingerprint density at radius 2 is 1.86 bits per heavy atom. The molecule has 1 aromatic carbocycles. The summed E-state index contributed by atoms with van der Waals surface area (Å²) in [6.07, 6.45) is 1.54. The van der Waals surface area contributed by atoms with Crippen molar-refractivity contribution in [1.29, 1.82) is 0 Å². The van der Waals surface area contributed by atoms with E-state index in [2.05, 4.69) is 10.3 Å². The van der Waals surface area contributed by atoms with Crippen molar-refractivity contribution in [2.24, 2.45) is 0 Å². The maximum Gasteiger partial charge on any atom is 0.261 e. The van der Waals surface area contributed by atoms with Crippen molar-refractivity contribution in [3.63, 3.8) is 0 Å². The minimum atomic E-state index is -0.338. The average Bonchev–Trinajstić information content (AvgIpc) is 2.55. The minimum Gasteiger partial charge on any atom is -0.345 e. The fraction of sp³-hybridized carbons (Fsp3) is 0.333. The minimum absolute atomic E-state index is 0.149. The molecular formula is C18H22N2O2. The number of aromatic nitrogens is 1. The molecule has 0 radical (unpaired) electrons. The third kappa shape index (κ3) is 3.45. The first-order chi connectivity index (χ1) is 10.6. The molecule has 0 aliphatic carbocycles. The molecule has 4 heteroatoms. The van der Waals surface area contributed by atoms with Gasteiger partial charge in [0.15, 0.2) is 0 Å². The molecule has 1 aromatic heterocycles. The summed E-state index contributed by atoms with van der Waals surface area (Å²) in [5.41, 5.74) is 2.77. The Balaban J connectivity index is 2.25. The lowest BCUT2D eigenvalue weighted by molar-refractivity contribution is 0.0938. The molecule has 1 heterocycles. The molecule has 2 N–H and O–H groups in total. The van der Waals surface area contributed by atoms with Crippen LogP contribution in [0.1, 0.15) is 54.0 Å². The highest BCUT2D eigenvalue weighted by Crippen LogP contribution is 2.13. The van der Waals surface area contributed by atoms with Gasteiger partial charge in [0.1, 0.15) is 5.56 Å². The van der Waals surface area contributed by atoms with Crippen molar-refractivity contribution in [2.75, 3.05) is 0 Å². The van der Waals surface area contributed by atoms with E-state index in [0.29, 0.717) is 0 Å². The number of amides is 1. The van der Waals surface area contributed by atoms with E-state index in [1.165, 1.54) is 0 Å². The maximum absolute atomic E-state index is 12.4. The first-order valence-corrected chi connectivity index (χ1v) is 7.67. The highest BCUT2D eigenvalue weighted by atomic mass is 16.2. The van der Waals surface area contributed by atoms with Gasteiger partial charge in [0.05, 0.1) is 6.04 Å². The maximum atomic E-state index is 12.4. The molecule has 22 heavy (non-hydrogen) atoms. The van der Waals surface area contributed by atoms with E-state index in [4.69, 9.17) is 0 Å². The van der Waals surface area contributed by atoms with Gasteiger partial charge in [-0.25, -0.2) is 0 Å². The van der Waals surface area contributed by atoms with Gasteiger partial charge in [0.25, 0.3) is 11.5 Å². The van der Waals surface area contributed by atoms with E-state index in [1.807, 2.05) is 51.1 Å². The SMILES string of the molecule is CCc1cc(C(=O)N[C@@H](C)c2ccccc2)c(=O)[nH]c1CC. The Morgan fingerprint density at radius 1 is 1.18 bits per heavy atom. The lowest BCUT2D eigenvalue weighted by Crippen LogP contribution is -2.32. The van der Waals surface area contributed by atoms with Crippen molar-refractivity contribution in [1.82, 2.24) is 10.3 Å². The molecule has 0 saturated heterocycles. The smallest absolute Gasteiger partial charge is 0.261 e. The van der Waals surface area contributed by atoms with Crippen molar-refractivity contribution in [2.45, 2.75) is 39.7 Å². The zero-order valence-electron chi connectivity index (χ0n) is 13.3. The third-order valence-corrected chi connectivity index (χ3v) is 3.84. The van der Waals surface area contributed by atoms with Gasteiger partial charge in [0.2, 0.25) is 0 Å². The van der Waals surface area contributed by atoms with Crippen LogP contribution >= 0.6 is 0 Å². The van der Waals surface area contributed by atoms with Gasteiger partial charge in [0, 0.05) is 5.69 Å². The highest BCUT2D eigenvalue weighted by Gasteiger charge is 2.16. The summed E-state index contributed by atoms with van der Waals surface area (Å²) in [4.78, 5) is 27.3. The Kier molecular flexibility index (Phi) is 5.15. The molecule has 0 aliphatic heterocycles. The van der Waals surface area contributed by atoms with Crippen LogP contribution in [-0.2, 0) is 12.8 Å². The highest BCUT2D eigenvalue weighted by molar-refractivity contribution is 5.94. The Bertz CT molecular complexity index is 705. The number of hydrogen-bond donors (Lipinski definition) is 2. The topological polar surface area (TPSA) is 62.0 Å². The summed E-state index contributed by atoms with van der Waals surface area (Å²) >= 11 is 0. The van der Waals surface area contributed by atoms with E-state index >= 15 is 0 Å². The number of H-pyrrole nitrogens is 1. The van der Waals surface area contributed by atoms with Crippen molar-refractivity contribution in [3.8, 4) is 0 Å². The summed E-state index contributed by atoms with van der Waals surface area (Å²) < 4.78 is 0. The molecule has 4 nitrogen and oxygen atoms in total. The molecule has 0 fully saturated rings. The van der Waals surface area contributed by atoms with Crippen LogP contribution in [0.15, 0.2) is 41.2 Å². The fourth-order valence-corrected chi connectivity index (χ4v) is 2.51. The monoisotopic (exact) mass is 298 g/mol. The van der Waals surface area contributed by atoms with Gasteiger partial charge in [-0.2, -0.15) is 0 Å². The molecule has 1 amide bonds. The Hall–Kier alpha value is -2.36. The van der Waals surface area contributed by atoms with Crippen LogP contribution in [0.3, 0.4) is 0 Å². The van der Waals surface area contributed by atoms with Gasteiger partial charge in [-0.05, 0) is 37.0 Å². The normalized spacial score (nSPS) is 12.0. The Labute approximate surface area is 130 Å². The van der Waals surface area contributed by atoms with Crippen molar-refractivity contribution in [3.05, 3.63) is 69.1 Å². The van der Waals surface area contributed by atoms with Crippen molar-refractivity contribution >= 4 is 5.91 Å². The summed E-state index contributed by atoms with van der Waals surface area (Å²) in [6, 6.07) is 11.2. The summed E-state index contributed by atoms with van der Waals surface area (Å²) in [5, 5.41) is 2.88. The van der Waals surface area contributed by atoms with Crippen LogP contribution in [0.5, 0.6) is 0 Å². The van der Waals surface area contributed by atoms with E-state index in [-0.39, 0.29) is 23.1 Å². The number of nitrogens with one attached hydrogen (secondary N) is 2. The van der Waals surface area contributed by atoms with Crippen molar-refractivity contribution < 1.29 is 4.79 Å². The van der Waals surface area contributed by atoms with Crippen LogP contribution in [0.2, 0.25) is 0 Å². The molecule has 2 aromatic rings. The molecule has 116 valence electrons. The lowest BCUT2D eigenvalue weighted by atomic mass is 10.0. The summed E-state index contributed by atoms with van der Waals surface area (Å²) in [6.45, 7) is 5.91. The molecule has 0 unspecified atom stereocenters.